The van der Waals surface area contributed by atoms with Crippen LogP contribution in [0.1, 0.15) is 17.8 Å². The molecule has 2 aromatic rings. The number of hydrogen-bond donors (Lipinski definition) is 3. The fraction of sp³-hybridized carbons (Fsp3) is 0.455. The molecule has 0 aliphatic carbocycles. The lowest BCUT2D eigenvalue weighted by Crippen LogP contribution is -2.15. The summed E-state index contributed by atoms with van der Waals surface area (Å²) in [7, 11) is 0. The van der Waals surface area contributed by atoms with Crippen LogP contribution < -0.4 is 16.6 Å². The molecule has 0 amide bonds. The number of rotatable bonds is 6. The van der Waals surface area contributed by atoms with E-state index in [0.717, 1.165) is 30.9 Å². The highest BCUT2D eigenvalue weighted by atomic mass is 15.4. The minimum atomic E-state index is 0.645. The Morgan fingerprint density at radius 3 is 2.74 bits per heavy atom. The van der Waals surface area contributed by atoms with Crippen LogP contribution in [0.2, 0.25) is 0 Å². The van der Waals surface area contributed by atoms with Crippen molar-refractivity contribution in [3.8, 4) is 0 Å². The molecule has 8 nitrogen and oxygen atoms in total. The van der Waals surface area contributed by atoms with Gasteiger partial charge in [-0.1, -0.05) is 5.21 Å². The van der Waals surface area contributed by atoms with Crippen LogP contribution in [0.15, 0.2) is 12.4 Å². The van der Waals surface area contributed by atoms with E-state index < -0.39 is 0 Å². The van der Waals surface area contributed by atoms with Crippen molar-refractivity contribution in [1.82, 2.24) is 25.0 Å². The highest BCUT2D eigenvalue weighted by Crippen LogP contribution is 2.18. The first-order valence-corrected chi connectivity index (χ1v) is 6.10. The lowest BCUT2D eigenvalue weighted by molar-refractivity contribution is 0.569. The predicted molar refractivity (Wildman–Crippen MR) is 72.4 cm³/mol. The van der Waals surface area contributed by atoms with Gasteiger partial charge in [-0.3, -0.25) is 4.68 Å². The summed E-state index contributed by atoms with van der Waals surface area (Å²) in [5.41, 5.74) is 3.49. The second-order valence-electron chi connectivity index (χ2n) is 4.18. The maximum atomic E-state index is 5.42. The number of hydrazine groups is 1. The quantitative estimate of drug-likeness (QED) is 0.394. The molecule has 4 N–H and O–H groups in total. The molecule has 102 valence electrons. The summed E-state index contributed by atoms with van der Waals surface area (Å²) < 4.78 is 1.80. The van der Waals surface area contributed by atoms with Crippen LogP contribution in [0.4, 0.5) is 11.6 Å². The van der Waals surface area contributed by atoms with Gasteiger partial charge >= 0.3 is 0 Å². The molecule has 2 heterocycles. The van der Waals surface area contributed by atoms with Crippen molar-refractivity contribution in [3.05, 3.63) is 23.8 Å². The summed E-state index contributed by atoms with van der Waals surface area (Å²) in [6, 6.07) is 0. The highest BCUT2D eigenvalue weighted by molar-refractivity contribution is 5.56. The molecule has 2 aromatic heterocycles. The molecular formula is C11H18N8. The predicted octanol–water partition coefficient (Wildman–Crippen LogP) is 0.473. The first-order chi connectivity index (χ1) is 9.20. The minimum absolute atomic E-state index is 0.645. The zero-order valence-electron chi connectivity index (χ0n) is 11.1. The third-order valence-corrected chi connectivity index (χ3v) is 2.72. The number of anilines is 2. The van der Waals surface area contributed by atoms with E-state index in [9.17, 15) is 0 Å². The number of nitrogens with one attached hydrogen (secondary N) is 2. The topological polar surface area (TPSA) is 107 Å². The highest BCUT2D eigenvalue weighted by Gasteiger charge is 2.07. The number of aryl methyl sites for hydroxylation is 2. The van der Waals surface area contributed by atoms with Crippen LogP contribution in [0.5, 0.6) is 0 Å². The number of nitrogens with two attached hydrogens (primary N) is 1. The Bertz CT molecular complexity index is 522. The van der Waals surface area contributed by atoms with E-state index in [0.29, 0.717) is 11.6 Å². The summed E-state index contributed by atoms with van der Waals surface area (Å²) in [6.07, 6.45) is 4.44. The SMILES string of the molecule is Cc1nc(NN)c(C)c(NCCCn2ccnn2)n1. The zero-order valence-corrected chi connectivity index (χ0v) is 11.1. The Morgan fingerprint density at radius 2 is 2.05 bits per heavy atom. The van der Waals surface area contributed by atoms with Crippen molar-refractivity contribution in [1.29, 1.82) is 0 Å². The maximum Gasteiger partial charge on any atom is 0.148 e. The van der Waals surface area contributed by atoms with Gasteiger partial charge in [0.25, 0.3) is 0 Å². The molecule has 0 bridgehead atoms. The van der Waals surface area contributed by atoms with Gasteiger partial charge in [-0.2, -0.15) is 0 Å². The summed E-state index contributed by atoms with van der Waals surface area (Å²) in [4.78, 5) is 8.57. The van der Waals surface area contributed by atoms with E-state index in [-0.39, 0.29) is 0 Å². The molecule has 0 atom stereocenters. The molecule has 0 aliphatic rings. The van der Waals surface area contributed by atoms with E-state index >= 15 is 0 Å². The van der Waals surface area contributed by atoms with Crippen molar-refractivity contribution >= 4 is 11.6 Å². The Balaban J connectivity index is 1.90. The van der Waals surface area contributed by atoms with E-state index in [1.807, 2.05) is 20.0 Å². The van der Waals surface area contributed by atoms with Crippen LogP contribution in [0.3, 0.4) is 0 Å². The van der Waals surface area contributed by atoms with E-state index in [1.165, 1.54) is 0 Å². The summed E-state index contributed by atoms with van der Waals surface area (Å²) >= 11 is 0. The lowest BCUT2D eigenvalue weighted by atomic mass is 10.3. The second kappa shape index (κ2) is 6.10. The van der Waals surface area contributed by atoms with Crippen molar-refractivity contribution in [2.75, 3.05) is 17.3 Å². The first-order valence-electron chi connectivity index (χ1n) is 6.10. The van der Waals surface area contributed by atoms with E-state index in [4.69, 9.17) is 5.84 Å². The molecule has 0 fully saturated rings. The Kier molecular flexibility index (Phi) is 4.24. The smallest absolute Gasteiger partial charge is 0.148 e. The second-order valence-corrected chi connectivity index (χ2v) is 4.18. The lowest BCUT2D eigenvalue weighted by Gasteiger charge is -2.12. The molecule has 0 aromatic carbocycles. The molecular weight excluding hydrogens is 244 g/mol. The van der Waals surface area contributed by atoms with Crippen LogP contribution >= 0.6 is 0 Å². The Morgan fingerprint density at radius 1 is 1.26 bits per heavy atom. The monoisotopic (exact) mass is 262 g/mol. The van der Waals surface area contributed by atoms with Gasteiger partial charge in [0.1, 0.15) is 17.5 Å². The maximum absolute atomic E-state index is 5.42. The number of nitrogen functional groups attached to an aromatic ring is 1. The molecule has 0 unspecified atom stereocenters. The molecule has 0 saturated heterocycles. The average Bonchev–Trinajstić information content (AvgIpc) is 2.91. The fourth-order valence-corrected chi connectivity index (χ4v) is 1.74. The van der Waals surface area contributed by atoms with Gasteiger partial charge in [0.15, 0.2) is 0 Å². The van der Waals surface area contributed by atoms with Gasteiger partial charge in [-0.25, -0.2) is 15.8 Å². The van der Waals surface area contributed by atoms with Crippen LogP contribution in [0.25, 0.3) is 0 Å². The van der Waals surface area contributed by atoms with Gasteiger partial charge < -0.3 is 10.7 Å². The third-order valence-electron chi connectivity index (χ3n) is 2.72. The van der Waals surface area contributed by atoms with Gasteiger partial charge in [0.05, 0.1) is 6.20 Å². The molecule has 0 spiro atoms. The largest absolute Gasteiger partial charge is 0.370 e. The van der Waals surface area contributed by atoms with Crippen molar-refractivity contribution < 1.29 is 0 Å². The van der Waals surface area contributed by atoms with Crippen molar-refractivity contribution in [3.63, 3.8) is 0 Å². The number of hydrogen-bond acceptors (Lipinski definition) is 7. The molecule has 0 radical (unpaired) electrons. The van der Waals surface area contributed by atoms with Gasteiger partial charge in [0, 0.05) is 24.8 Å². The normalized spacial score (nSPS) is 10.5. The van der Waals surface area contributed by atoms with Gasteiger partial charge in [-0.15, -0.1) is 5.10 Å². The van der Waals surface area contributed by atoms with Crippen LogP contribution in [0, 0.1) is 13.8 Å². The zero-order chi connectivity index (χ0) is 13.7. The summed E-state index contributed by atoms with van der Waals surface area (Å²) in [5, 5.41) is 10.9. The van der Waals surface area contributed by atoms with Gasteiger partial charge in [0.2, 0.25) is 0 Å². The fourth-order valence-electron chi connectivity index (χ4n) is 1.74. The van der Waals surface area contributed by atoms with Crippen molar-refractivity contribution in [2.24, 2.45) is 5.84 Å². The molecule has 2 rings (SSSR count). The molecule has 0 saturated carbocycles. The average molecular weight is 262 g/mol. The Hall–Kier alpha value is -2.22. The van der Waals surface area contributed by atoms with Crippen molar-refractivity contribution in [2.45, 2.75) is 26.8 Å². The van der Waals surface area contributed by atoms with E-state index in [1.54, 1.807) is 10.9 Å². The number of nitrogens with zero attached hydrogens (tertiary/aromatic N) is 5. The molecule has 8 heteroatoms. The summed E-state index contributed by atoms with van der Waals surface area (Å²) in [5.74, 6) is 7.55. The molecule has 19 heavy (non-hydrogen) atoms. The van der Waals surface area contributed by atoms with Crippen LogP contribution in [-0.2, 0) is 6.54 Å². The minimum Gasteiger partial charge on any atom is -0.370 e. The first kappa shape index (κ1) is 13.2. The summed E-state index contributed by atoms with van der Waals surface area (Å²) in [6.45, 7) is 5.37. The van der Waals surface area contributed by atoms with E-state index in [2.05, 4.69) is 31.0 Å². The molecule has 0 aliphatic heterocycles. The third kappa shape index (κ3) is 3.38. The standard InChI is InChI=1S/C11H18N8/c1-8-10(15-9(2)16-11(8)17-12)13-4-3-6-19-7-5-14-18-19/h5,7H,3-4,6,12H2,1-2H3,(H2,13,15,16,17). The van der Waals surface area contributed by atoms with Crippen LogP contribution in [-0.4, -0.2) is 31.5 Å². The number of aromatic nitrogens is 5. The van der Waals surface area contributed by atoms with Gasteiger partial charge in [-0.05, 0) is 20.3 Å². The Labute approximate surface area is 111 Å².